The maximum atomic E-state index is 13.1. The minimum Gasteiger partial charge on any atom is -0.394 e. The maximum absolute atomic E-state index is 13.1. The van der Waals surface area contributed by atoms with E-state index in [0.29, 0.717) is 16.6 Å². The molecule has 1 aromatic carbocycles. The van der Waals surface area contributed by atoms with Gasteiger partial charge in [-0.25, -0.2) is 9.37 Å². The number of halogens is 1. The summed E-state index contributed by atoms with van der Waals surface area (Å²) >= 11 is 1.38. The second-order valence-electron chi connectivity index (χ2n) is 5.04. The Morgan fingerprint density at radius 1 is 1.36 bits per heavy atom. The fraction of sp³-hybridized carbons (Fsp3) is 0.250. The highest BCUT2D eigenvalue weighted by atomic mass is 32.1. The molecule has 0 aliphatic rings. The molecule has 0 aliphatic heterocycles. The molecule has 0 unspecified atom stereocenters. The van der Waals surface area contributed by atoms with Crippen LogP contribution in [0.1, 0.15) is 19.4 Å². The van der Waals surface area contributed by atoms with Crippen LogP contribution in [0.4, 0.5) is 4.39 Å². The molecule has 0 spiro atoms. The Labute approximate surface area is 130 Å². The molecule has 0 amide bonds. The smallest absolute Gasteiger partial charge is 0.263 e. The third-order valence-electron chi connectivity index (χ3n) is 3.75. The van der Waals surface area contributed by atoms with Crippen LogP contribution in [0, 0.1) is 5.82 Å². The summed E-state index contributed by atoms with van der Waals surface area (Å²) in [6.45, 7) is 1.80. The number of benzene rings is 1. The first-order valence-electron chi connectivity index (χ1n) is 7.00. The number of rotatable bonds is 4. The number of aliphatic hydroxyl groups excluding tert-OH is 1. The van der Waals surface area contributed by atoms with Crippen LogP contribution < -0.4 is 5.56 Å². The van der Waals surface area contributed by atoms with E-state index >= 15 is 0 Å². The van der Waals surface area contributed by atoms with Crippen LogP contribution in [-0.2, 0) is 0 Å². The van der Waals surface area contributed by atoms with Gasteiger partial charge in [0.2, 0.25) is 0 Å². The van der Waals surface area contributed by atoms with Crippen molar-refractivity contribution in [2.45, 2.75) is 19.4 Å². The predicted octanol–water partition coefficient (Wildman–Crippen LogP) is 3.21. The zero-order valence-corrected chi connectivity index (χ0v) is 12.8. The van der Waals surface area contributed by atoms with Crippen LogP contribution in [0.25, 0.3) is 21.3 Å². The van der Waals surface area contributed by atoms with E-state index in [4.69, 9.17) is 0 Å². The molecule has 0 radical (unpaired) electrons. The third-order valence-corrected chi connectivity index (χ3v) is 4.64. The van der Waals surface area contributed by atoms with E-state index in [1.54, 1.807) is 12.1 Å². The SMILES string of the molecule is CC[C@H](CO)n1cnc2scc(-c3ccc(F)cc3)c2c1=O. The Balaban J connectivity index is 2.23. The fourth-order valence-electron chi connectivity index (χ4n) is 2.46. The lowest BCUT2D eigenvalue weighted by molar-refractivity contribution is 0.221. The Morgan fingerprint density at radius 2 is 2.09 bits per heavy atom. The van der Waals surface area contributed by atoms with E-state index in [-0.39, 0.29) is 24.0 Å². The molecule has 0 aliphatic carbocycles. The molecule has 2 aromatic heterocycles. The van der Waals surface area contributed by atoms with Crippen molar-refractivity contribution in [2.75, 3.05) is 6.61 Å². The lowest BCUT2D eigenvalue weighted by atomic mass is 10.1. The zero-order chi connectivity index (χ0) is 15.7. The normalized spacial score (nSPS) is 12.7. The second-order valence-corrected chi connectivity index (χ2v) is 5.90. The van der Waals surface area contributed by atoms with E-state index < -0.39 is 0 Å². The average Bonchev–Trinajstić information content (AvgIpc) is 2.96. The number of aromatic nitrogens is 2. The number of hydrogen-bond acceptors (Lipinski definition) is 4. The standard InChI is InChI=1S/C16H15FN2O2S/c1-2-12(7-20)19-9-18-15-14(16(19)21)13(8-22-15)10-3-5-11(17)6-4-10/h3-6,8-9,12,20H,2,7H2,1H3/t12-/m1/s1. The third kappa shape index (κ3) is 2.44. The number of hydrogen-bond donors (Lipinski definition) is 1. The fourth-order valence-corrected chi connectivity index (χ4v) is 3.37. The number of aliphatic hydroxyl groups is 1. The van der Waals surface area contributed by atoms with Crippen molar-refractivity contribution in [3.05, 3.63) is 52.1 Å². The summed E-state index contributed by atoms with van der Waals surface area (Å²) in [5.74, 6) is -0.315. The summed E-state index contributed by atoms with van der Waals surface area (Å²) in [7, 11) is 0. The first-order valence-corrected chi connectivity index (χ1v) is 7.88. The van der Waals surface area contributed by atoms with E-state index in [9.17, 15) is 14.3 Å². The summed E-state index contributed by atoms with van der Waals surface area (Å²) < 4.78 is 14.6. The van der Waals surface area contributed by atoms with Gasteiger partial charge in [-0.3, -0.25) is 9.36 Å². The van der Waals surface area contributed by atoms with Crippen molar-refractivity contribution in [3.63, 3.8) is 0 Å². The van der Waals surface area contributed by atoms with Gasteiger partial charge < -0.3 is 5.11 Å². The minimum atomic E-state index is -0.315. The molecule has 2 heterocycles. The summed E-state index contributed by atoms with van der Waals surface area (Å²) in [5.41, 5.74) is 1.35. The van der Waals surface area contributed by atoms with Gasteiger partial charge in [-0.2, -0.15) is 0 Å². The zero-order valence-electron chi connectivity index (χ0n) is 12.0. The lowest BCUT2D eigenvalue weighted by Crippen LogP contribution is -2.26. The van der Waals surface area contributed by atoms with Gasteiger partial charge in [-0.15, -0.1) is 11.3 Å². The van der Waals surface area contributed by atoms with Gasteiger partial charge in [0, 0.05) is 10.9 Å². The van der Waals surface area contributed by atoms with Crippen molar-refractivity contribution in [3.8, 4) is 11.1 Å². The van der Waals surface area contributed by atoms with Crippen molar-refractivity contribution < 1.29 is 9.50 Å². The molecule has 0 saturated carbocycles. The highest BCUT2D eigenvalue weighted by Gasteiger charge is 2.16. The molecular formula is C16H15FN2O2S. The quantitative estimate of drug-likeness (QED) is 0.803. The van der Waals surface area contributed by atoms with Crippen LogP contribution in [0.5, 0.6) is 0 Å². The molecule has 4 nitrogen and oxygen atoms in total. The largest absolute Gasteiger partial charge is 0.394 e. The second kappa shape index (κ2) is 5.98. The number of fused-ring (bicyclic) bond motifs is 1. The van der Waals surface area contributed by atoms with Gasteiger partial charge >= 0.3 is 0 Å². The Morgan fingerprint density at radius 3 is 2.73 bits per heavy atom. The summed E-state index contributed by atoms with van der Waals surface area (Å²) in [6, 6.07) is 5.76. The van der Waals surface area contributed by atoms with Gasteiger partial charge in [0.25, 0.3) is 5.56 Å². The van der Waals surface area contributed by atoms with Crippen molar-refractivity contribution in [1.29, 1.82) is 0 Å². The van der Waals surface area contributed by atoms with Crippen LogP contribution in [0.15, 0.2) is 40.8 Å². The molecule has 114 valence electrons. The van der Waals surface area contributed by atoms with Crippen LogP contribution in [0.3, 0.4) is 0 Å². The van der Waals surface area contributed by atoms with E-state index in [1.165, 1.54) is 34.4 Å². The first kappa shape index (κ1) is 14.9. The molecule has 0 saturated heterocycles. The number of thiophene rings is 1. The van der Waals surface area contributed by atoms with Gasteiger partial charge in [-0.1, -0.05) is 19.1 Å². The maximum Gasteiger partial charge on any atom is 0.263 e. The molecule has 3 aromatic rings. The predicted molar refractivity (Wildman–Crippen MR) is 85.7 cm³/mol. The van der Waals surface area contributed by atoms with Crippen molar-refractivity contribution in [1.82, 2.24) is 9.55 Å². The van der Waals surface area contributed by atoms with Crippen LogP contribution >= 0.6 is 11.3 Å². The Bertz CT molecular complexity index is 851. The van der Waals surface area contributed by atoms with Gasteiger partial charge in [0.1, 0.15) is 10.6 Å². The van der Waals surface area contributed by atoms with Gasteiger partial charge in [0.05, 0.1) is 24.4 Å². The molecule has 3 rings (SSSR count). The van der Waals surface area contributed by atoms with Crippen molar-refractivity contribution >= 4 is 21.6 Å². The molecular weight excluding hydrogens is 303 g/mol. The minimum absolute atomic E-state index is 0.111. The molecule has 22 heavy (non-hydrogen) atoms. The van der Waals surface area contributed by atoms with E-state index in [2.05, 4.69) is 4.98 Å². The topological polar surface area (TPSA) is 55.1 Å². The molecule has 1 N–H and O–H groups in total. The van der Waals surface area contributed by atoms with Crippen molar-refractivity contribution in [2.24, 2.45) is 0 Å². The van der Waals surface area contributed by atoms with E-state index in [0.717, 1.165) is 11.1 Å². The van der Waals surface area contributed by atoms with Gasteiger partial charge in [0.15, 0.2) is 0 Å². The summed E-state index contributed by atoms with van der Waals surface area (Å²) in [4.78, 5) is 17.7. The lowest BCUT2D eigenvalue weighted by Gasteiger charge is -2.14. The van der Waals surface area contributed by atoms with Crippen LogP contribution in [0.2, 0.25) is 0 Å². The molecule has 6 heteroatoms. The highest BCUT2D eigenvalue weighted by molar-refractivity contribution is 7.17. The van der Waals surface area contributed by atoms with Gasteiger partial charge in [-0.05, 0) is 24.1 Å². The molecule has 0 bridgehead atoms. The summed E-state index contributed by atoms with van der Waals surface area (Å²) in [6.07, 6.45) is 2.12. The van der Waals surface area contributed by atoms with Crippen LogP contribution in [-0.4, -0.2) is 21.3 Å². The number of nitrogens with zero attached hydrogens (tertiary/aromatic N) is 2. The van der Waals surface area contributed by atoms with E-state index in [1.807, 2.05) is 12.3 Å². The highest BCUT2D eigenvalue weighted by Crippen LogP contribution is 2.31. The monoisotopic (exact) mass is 318 g/mol. The molecule has 1 atom stereocenters. The average molecular weight is 318 g/mol. The first-order chi connectivity index (χ1) is 10.7. The molecule has 0 fully saturated rings. The summed E-state index contributed by atoms with van der Waals surface area (Å²) in [5, 5.41) is 11.8. The Hall–Kier alpha value is -2.05. The Kier molecular flexibility index (Phi) is 4.04.